The number of nitrogens with zero attached hydrogens (tertiary/aromatic N) is 11. The number of carbonyl (C=O) groups excluding carboxylic acids is 2. The van der Waals surface area contributed by atoms with E-state index in [9.17, 15) is 18.8 Å². The van der Waals surface area contributed by atoms with E-state index in [-0.39, 0.29) is 40.7 Å². The van der Waals surface area contributed by atoms with Crippen LogP contribution in [0.25, 0.3) is 11.0 Å². The molecule has 0 radical (unpaired) electrons. The highest BCUT2D eigenvalue weighted by Crippen LogP contribution is 2.32. The maximum atomic E-state index is 13.8. The molecule has 19 heteroatoms. The first kappa shape index (κ1) is 46.8. The molecule has 0 unspecified atom stereocenters. The van der Waals surface area contributed by atoms with E-state index in [1.807, 2.05) is 30.5 Å². The zero-order chi connectivity index (χ0) is 47.0. The summed E-state index contributed by atoms with van der Waals surface area (Å²) in [6.07, 6.45) is 11.0. The fourth-order valence-electron chi connectivity index (χ4n) is 10.1. The normalized spacial score (nSPS) is 18.6. The first-order valence-electron chi connectivity index (χ1n) is 24.2. The number of amides is 1. The smallest absolute Gasteiger partial charge is 0.263 e. The van der Waals surface area contributed by atoms with Gasteiger partial charge in [0.1, 0.15) is 35.2 Å². The summed E-state index contributed by atoms with van der Waals surface area (Å²) < 4.78 is 21.5. The lowest BCUT2D eigenvalue weighted by Crippen LogP contribution is -2.49. The Morgan fingerprint density at radius 1 is 0.794 bits per heavy atom. The van der Waals surface area contributed by atoms with Gasteiger partial charge in [0, 0.05) is 114 Å². The number of anilines is 6. The number of aromatic nitrogens is 6. The zero-order valence-corrected chi connectivity index (χ0v) is 39.2. The maximum absolute atomic E-state index is 13.8. The summed E-state index contributed by atoms with van der Waals surface area (Å²) in [6.45, 7) is 14.2. The highest BCUT2D eigenvalue weighted by atomic mass is 19.1. The van der Waals surface area contributed by atoms with Gasteiger partial charge < -0.3 is 35.4 Å². The average molecular weight is 931 g/mol. The van der Waals surface area contributed by atoms with E-state index in [0.717, 1.165) is 134 Å². The Kier molecular flexibility index (Phi) is 15.0. The molecule has 1 aromatic carbocycles. The minimum Gasteiger partial charge on any atom is -0.378 e. The van der Waals surface area contributed by atoms with Crippen LogP contribution in [0.1, 0.15) is 67.4 Å². The van der Waals surface area contributed by atoms with E-state index in [1.165, 1.54) is 13.0 Å². The van der Waals surface area contributed by atoms with Crippen molar-refractivity contribution < 1.29 is 18.7 Å². The van der Waals surface area contributed by atoms with Crippen molar-refractivity contribution in [3.8, 4) is 0 Å². The summed E-state index contributed by atoms with van der Waals surface area (Å²) in [6, 6.07) is 12.9. The van der Waals surface area contributed by atoms with E-state index in [4.69, 9.17) is 9.72 Å². The van der Waals surface area contributed by atoms with Gasteiger partial charge in [-0.15, -0.1) is 0 Å². The van der Waals surface area contributed by atoms with Crippen molar-refractivity contribution in [2.24, 2.45) is 0 Å². The maximum Gasteiger partial charge on any atom is 0.263 e. The van der Waals surface area contributed by atoms with Crippen LogP contribution >= 0.6 is 0 Å². The molecule has 1 aliphatic carbocycles. The van der Waals surface area contributed by atoms with Crippen LogP contribution in [-0.2, 0) is 9.53 Å². The van der Waals surface area contributed by atoms with Crippen molar-refractivity contribution >= 4 is 57.5 Å². The quantitative estimate of drug-likeness (QED) is 0.0866. The summed E-state index contributed by atoms with van der Waals surface area (Å²) in [5, 5.41) is 10.5. The van der Waals surface area contributed by atoms with Gasteiger partial charge in [-0.1, -0.05) is 18.9 Å². The first-order valence-corrected chi connectivity index (χ1v) is 24.2. The van der Waals surface area contributed by atoms with Crippen LogP contribution < -0.4 is 36.2 Å². The number of aryl methyl sites for hydroxylation is 1. The SMILES string of the molecule is CC(=O)c1c(C)c2cnc(Nc3ccc(N4CCN(CC(=O)NCCOCCN5CCN(c6cc(N[C@@H]7CCCN(c8cccc(F)c8)C7)ncn6)CC5)CC4)cn3)nc2n(C2CCCC2)c1=O. The largest absolute Gasteiger partial charge is 0.378 e. The monoisotopic (exact) mass is 931 g/mol. The Labute approximate surface area is 396 Å². The fourth-order valence-corrected chi connectivity index (χ4v) is 10.1. The predicted octanol–water partition coefficient (Wildman–Crippen LogP) is 4.64. The summed E-state index contributed by atoms with van der Waals surface area (Å²) >= 11 is 0. The number of hydrogen-bond acceptors (Lipinski definition) is 16. The topological polar surface area (TPSA) is 182 Å². The number of piperidine rings is 1. The molecule has 3 N–H and O–H groups in total. The predicted molar refractivity (Wildman–Crippen MR) is 262 cm³/mol. The van der Waals surface area contributed by atoms with Gasteiger partial charge in [-0.05, 0) is 75.4 Å². The molecule has 68 heavy (non-hydrogen) atoms. The van der Waals surface area contributed by atoms with Crippen LogP contribution in [0.5, 0.6) is 0 Å². The van der Waals surface area contributed by atoms with Gasteiger partial charge in [-0.25, -0.2) is 24.3 Å². The second-order valence-corrected chi connectivity index (χ2v) is 18.4. The van der Waals surface area contributed by atoms with E-state index in [1.54, 1.807) is 36.1 Å². The van der Waals surface area contributed by atoms with Crippen LogP contribution in [-0.4, -0.2) is 155 Å². The third-order valence-electron chi connectivity index (χ3n) is 13.8. The van der Waals surface area contributed by atoms with Crippen molar-refractivity contribution in [3.63, 3.8) is 0 Å². The van der Waals surface area contributed by atoms with E-state index in [2.05, 4.69) is 60.4 Å². The van der Waals surface area contributed by atoms with Gasteiger partial charge >= 0.3 is 0 Å². The van der Waals surface area contributed by atoms with Crippen LogP contribution in [0.3, 0.4) is 0 Å². The van der Waals surface area contributed by atoms with Crippen LogP contribution in [0.4, 0.5) is 39.2 Å². The fraction of sp³-hybridized carbons (Fsp3) is 0.510. The van der Waals surface area contributed by atoms with Crippen molar-refractivity contribution in [3.05, 3.63) is 88.5 Å². The number of rotatable bonds is 17. The molecular weight excluding hydrogens is 868 g/mol. The van der Waals surface area contributed by atoms with Crippen LogP contribution in [0, 0.1) is 12.7 Å². The van der Waals surface area contributed by atoms with Gasteiger partial charge in [-0.3, -0.25) is 28.8 Å². The van der Waals surface area contributed by atoms with E-state index < -0.39 is 0 Å². The molecule has 4 fully saturated rings. The van der Waals surface area contributed by atoms with Crippen molar-refractivity contribution in [1.29, 1.82) is 0 Å². The first-order chi connectivity index (χ1) is 33.1. The number of fused-ring (bicyclic) bond motifs is 1. The molecule has 1 atom stereocenters. The molecule has 3 aliphatic heterocycles. The van der Waals surface area contributed by atoms with Gasteiger partial charge in [0.25, 0.3) is 5.56 Å². The Hall–Kier alpha value is -6.31. The summed E-state index contributed by atoms with van der Waals surface area (Å²) in [5.74, 6) is 2.17. The number of ketones is 1. The number of ether oxygens (including phenoxy) is 1. The highest BCUT2D eigenvalue weighted by Gasteiger charge is 2.27. The molecule has 7 heterocycles. The van der Waals surface area contributed by atoms with Gasteiger partial charge in [-0.2, -0.15) is 4.98 Å². The molecule has 5 aromatic rings. The molecule has 1 saturated carbocycles. The average Bonchev–Trinajstić information content (AvgIpc) is 3.88. The molecule has 9 rings (SSSR count). The van der Waals surface area contributed by atoms with Crippen LogP contribution in [0.15, 0.2) is 66.0 Å². The molecule has 4 aliphatic rings. The van der Waals surface area contributed by atoms with E-state index >= 15 is 0 Å². The lowest BCUT2D eigenvalue weighted by Gasteiger charge is -2.36. The Morgan fingerprint density at radius 2 is 1.59 bits per heavy atom. The minimum atomic E-state index is -0.279. The van der Waals surface area contributed by atoms with Crippen molar-refractivity contribution in [1.82, 2.24) is 44.6 Å². The highest BCUT2D eigenvalue weighted by molar-refractivity contribution is 5.99. The Bertz CT molecular complexity index is 2590. The number of nitrogens with one attached hydrogen (secondary N) is 3. The van der Waals surface area contributed by atoms with Crippen molar-refractivity contribution in [2.75, 3.05) is 124 Å². The summed E-state index contributed by atoms with van der Waals surface area (Å²) in [5.41, 5.74) is 2.98. The van der Waals surface area contributed by atoms with Gasteiger partial charge in [0.05, 0.1) is 37.2 Å². The molecule has 18 nitrogen and oxygen atoms in total. The third-order valence-corrected chi connectivity index (χ3v) is 13.8. The molecular formula is C49H63FN14O4. The number of hydrogen-bond donors (Lipinski definition) is 3. The molecule has 4 aromatic heterocycles. The second-order valence-electron chi connectivity index (χ2n) is 18.4. The molecule has 360 valence electrons. The lowest BCUT2D eigenvalue weighted by molar-refractivity contribution is -0.122. The van der Waals surface area contributed by atoms with Gasteiger partial charge in [0.2, 0.25) is 11.9 Å². The number of carbonyl (C=O) groups is 2. The third kappa shape index (κ3) is 11.3. The van der Waals surface area contributed by atoms with E-state index in [0.29, 0.717) is 54.7 Å². The Morgan fingerprint density at radius 3 is 2.35 bits per heavy atom. The van der Waals surface area contributed by atoms with Gasteiger partial charge in [0.15, 0.2) is 5.78 Å². The summed E-state index contributed by atoms with van der Waals surface area (Å²) in [7, 11) is 0. The van der Waals surface area contributed by atoms with Crippen molar-refractivity contribution in [2.45, 2.75) is 64.5 Å². The number of pyridine rings is 2. The summed E-state index contributed by atoms with van der Waals surface area (Å²) in [4.78, 5) is 73.2. The lowest BCUT2D eigenvalue weighted by atomic mass is 10.0. The standard InChI is InChI=1S/C49H63FN14O4/c1-34-41-30-53-49(58-47(41)64(38-9-3-4-10-38)48(67)46(34)35(2)65)57-42-13-12-40(29-52-42)61-20-18-60(19-21-61)32-45(66)51-14-25-68-26-24-59-16-22-62(23-17-59)44-28-43(54-33-55-44)56-37-8-6-15-63(31-37)39-11-5-7-36(50)27-39/h5,7,11-13,27-30,33,37-38H,3-4,6,8-10,14-26,31-32H2,1-2H3,(H,51,66)(H,54,55,56)(H,52,53,57,58)/t37-/m1/s1. The number of piperazine rings is 2. The Balaban J connectivity index is 0.648. The number of Topliss-reactive ketones (excluding diaryl/α,β-unsaturated/α-hetero) is 1. The molecule has 1 amide bonds. The molecule has 0 bridgehead atoms. The van der Waals surface area contributed by atoms with Crippen LogP contribution in [0.2, 0.25) is 0 Å². The molecule has 3 saturated heterocycles. The molecule has 0 spiro atoms. The minimum absolute atomic E-state index is 0.00348. The number of halogens is 1. The number of benzene rings is 1. The zero-order valence-electron chi connectivity index (χ0n) is 39.2. The second kappa shape index (κ2) is 21.8.